The maximum atomic E-state index is 12.1. The number of esters is 1. The number of anilines is 3. The largest absolute Gasteiger partial charge is 0.486 e. The number of nitrogens with one attached hydrogen (secondary N) is 1. The summed E-state index contributed by atoms with van der Waals surface area (Å²) >= 11 is 6.20. The van der Waals surface area contributed by atoms with Crippen LogP contribution < -0.4 is 20.5 Å². The normalized spacial score (nSPS) is 12.5. The molecule has 3 N–H and O–H groups in total. The molecule has 3 aromatic rings. The van der Waals surface area contributed by atoms with Crippen molar-refractivity contribution in [2.45, 2.75) is 6.61 Å². The number of benzene rings is 2. The minimum atomic E-state index is -0.581. The Morgan fingerprint density at radius 1 is 1.16 bits per heavy atom. The van der Waals surface area contributed by atoms with Gasteiger partial charge < -0.3 is 25.3 Å². The predicted octanol–water partition coefficient (Wildman–Crippen LogP) is 3.38. The molecule has 1 aliphatic rings. The van der Waals surface area contributed by atoms with E-state index in [9.17, 15) is 4.79 Å². The molecule has 0 unspecified atom stereocenters. The predicted molar refractivity (Wildman–Crippen MR) is 115 cm³/mol. The summed E-state index contributed by atoms with van der Waals surface area (Å²) in [5.41, 5.74) is 7.19. The minimum Gasteiger partial charge on any atom is -0.486 e. The molecule has 158 valence electrons. The molecule has 9 nitrogen and oxygen atoms in total. The van der Waals surface area contributed by atoms with E-state index in [-0.39, 0.29) is 24.3 Å². The highest BCUT2D eigenvalue weighted by Gasteiger charge is 2.16. The zero-order valence-electron chi connectivity index (χ0n) is 16.2. The third-order valence-corrected chi connectivity index (χ3v) is 4.38. The fourth-order valence-corrected chi connectivity index (χ4v) is 3.06. The lowest BCUT2D eigenvalue weighted by Crippen LogP contribution is -2.15. The van der Waals surface area contributed by atoms with Crippen molar-refractivity contribution in [3.8, 4) is 11.5 Å². The van der Waals surface area contributed by atoms with Gasteiger partial charge in [-0.2, -0.15) is 15.0 Å². The number of halogens is 1. The summed E-state index contributed by atoms with van der Waals surface area (Å²) in [6.45, 7) is 0.717. The highest BCUT2D eigenvalue weighted by molar-refractivity contribution is 6.32. The van der Waals surface area contributed by atoms with Gasteiger partial charge >= 0.3 is 5.97 Å². The molecule has 4 rings (SSSR count). The number of nitrogens with two attached hydrogens (primary N) is 1. The van der Waals surface area contributed by atoms with Gasteiger partial charge in [-0.3, -0.25) is 0 Å². The van der Waals surface area contributed by atoms with Gasteiger partial charge in [0.25, 0.3) is 0 Å². The molecule has 0 amide bonds. The fourth-order valence-electron chi connectivity index (χ4n) is 2.78. The number of carbonyl (C=O) groups excluding carboxylic acids is 1. The first-order valence-corrected chi connectivity index (χ1v) is 9.71. The van der Waals surface area contributed by atoms with E-state index in [1.165, 1.54) is 6.08 Å². The average Bonchev–Trinajstić information content (AvgIpc) is 2.77. The second-order valence-corrected chi connectivity index (χ2v) is 6.80. The Balaban J connectivity index is 1.38. The lowest BCUT2D eigenvalue weighted by molar-refractivity contribution is -0.139. The van der Waals surface area contributed by atoms with Gasteiger partial charge in [-0.1, -0.05) is 29.8 Å². The molecule has 10 heteroatoms. The monoisotopic (exact) mass is 439 g/mol. The number of aromatic nitrogens is 3. The van der Waals surface area contributed by atoms with Crippen LogP contribution in [0.25, 0.3) is 6.08 Å². The van der Waals surface area contributed by atoms with Gasteiger partial charge in [0.05, 0.1) is 5.02 Å². The van der Waals surface area contributed by atoms with E-state index in [4.69, 9.17) is 31.5 Å². The number of ether oxygens (including phenoxy) is 3. The summed E-state index contributed by atoms with van der Waals surface area (Å²) in [7, 11) is 0. The molecule has 0 saturated heterocycles. The summed E-state index contributed by atoms with van der Waals surface area (Å²) in [6, 6.07) is 12.8. The van der Waals surface area contributed by atoms with Crippen LogP contribution >= 0.6 is 11.6 Å². The molecule has 2 aromatic carbocycles. The number of rotatable bonds is 6. The second-order valence-electron chi connectivity index (χ2n) is 6.39. The smallest absolute Gasteiger partial charge is 0.331 e. The molecular weight excluding hydrogens is 422 g/mol. The standard InChI is InChI=1S/C21H18ClN5O4/c22-15-10-13(11-16-19(15)30-9-8-29-16)6-7-18(28)31-12-17-25-20(23)27-21(26-17)24-14-4-2-1-3-5-14/h1-7,10-11H,8-9,12H2,(H3,23,24,25,26,27). The van der Waals surface area contributed by atoms with Crippen LogP contribution in [-0.2, 0) is 16.1 Å². The zero-order valence-corrected chi connectivity index (χ0v) is 17.0. The molecule has 31 heavy (non-hydrogen) atoms. The van der Waals surface area contributed by atoms with Crippen molar-refractivity contribution in [3.63, 3.8) is 0 Å². The molecule has 0 bridgehead atoms. The molecule has 0 radical (unpaired) electrons. The molecule has 0 saturated carbocycles. The van der Waals surface area contributed by atoms with Crippen LogP contribution in [0.2, 0.25) is 5.02 Å². The van der Waals surface area contributed by atoms with Crippen molar-refractivity contribution in [1.29, 1.82) is 0 Å². The van der Waals surface area contributed by atoms with Crippen molar-refractivity contribution in [2.24, 2.45) is 0 Å². The zero-order chi connectivity index (χ0) is 21.6. The third kappa shape index (κ3) is 5.40. The van der Waals surface area contributed by atoms with Crippen molar-refractivity contribution in [3.05, 3.63) is 65.0 Å². The van der Waals surface area contributed by atoms with E-state index in [1.807, 2.05) is 30.3 Å². The van der Waals surface area contributed by atoms with E-state index in [2.05, 4.69) is 20.3 Å². The maximum absolute atomic E-state index is 12.1. The Morgan fingerprint density at radius 3 is 2.81 bits per heavy atom. The van der Waals surface area contributed by atoms with Gasteiger partial charge in [0.1, 0.15) is 13.2 Å². The van der Waals surface area contributed by atoms with E-state index < -0.39 is 5.97 Å². The van der Waals surface area contributed by atoms with Crippen LogP contribution in [0.15, 0.2) is 48.5 Å². The first kappa shape index (κ1) is 20.4. The van der Waals surface area contributed by atoms with Crippen LogP contribution in [0.4, 0.5) is 17.6 Å². The fraction of sp³-hybridized carbons (Fsp3) is 0.143. The van der Waals surface area contributed by atoms with Gasteiger partial charge in [-0.15, -0.1) is 0 Å². The summed E-state index contributed by atoms with van der Waals surface area (Å²) < 4.78 is 16.2. The van der Waals surface area contributed by atoms with Crippen LogP contribution in [-0.4, -0.2) is 34.1 Å². The van der Waals surface area contributed by atoms with E-state index in [1.54, 1.807) is 18.2 Å². The van der Waals surface area contributed by atoms with Crippen molar-refractivity contribution in [1.82, 2.24) is 15.0 Å². The first-order valence-electron chi connectivity index (χ1n) is 9.33. The van der Waals surface area contributed by atoms with Gasteiger partial charge in [0, 0.05) is 11.8 Å². The summed E-state index contributed by atoms with van der Waals surface area (Å²) in [4.78, 5) is 24.3. The van der Waals surface area contributed by atoms with Gasteiger partial charge in [0.15, 0.2) is 23.9 Å². The first-order chi connectivity index (χ1) is 15.1. The van der Waals surface area contributed by atoms with Gasteiger partial charge in [-0.25, -0.2) is 4.79 Å². The lowest BCUT2D eigenvalue weighted by Gasteiger charge is -2.19. The Morgan fingerprint density at radius 2 is 1.97 bits per heavy atom. The number of carbonyl (C=O) groups is 1. The number of fused-ring (bicyclic) bond motifs is 1. The molecule has 1 aliphatic heterocycles. The van der Waals surface area contributed by atoms with Crippen LogP contribution in [0.1, 0.15) is 11.4 Å². The van der Waals surface area contributed by atoms with Crippen molar-refractivity contribution >= 4 is 41.2 Å². The van der Waals surface area contributed by atoms with Crippen molar-refractivity contribution in [2.75, 3.05) is 24.3 Å². The number of hydrogen-bond acceptors (Lipinski definition) is 9. The number of nitrogen functional groups attached to an aromatic ring is 1. The second kappa shape index (κ2) is 9.31. The Hall–Kier alpha value is -3.85. The van der Waals surface area contributed by atoms with Crippen LogP contribution in [0.3, 0.4) is 0 Å². The SMILES string of the molecule is Nc1nc(COC(=O)C=Cc2cc(Cl)c3c(c2)OCCO3)nc(Nc2ccccc2)n1. The maximum Gasteiger partial charge on any atom is 0.331 e. The van der Waals surface area contributed by atoms with Crippen molar-refractivity contribution < 1.29 is 19.0 Å². The summed E-state index contributed by atoms with van der Waals surface area (Å²) in [5.74, 6) is 0.940. The molecule has 1 aromatic heterocycles. The van der Waals surface area contributed by atoms with Crippen LogP contribution in [0.5, 0.6) is 11.5 Å². The number of nitrogens with zero attached hydrogens (tertiary/aromatic N) is 3. The number of hydrogen-bond donors (Lipinski definition) is 2. The molecule has 0 aliphatic carbocycles. The van der Waals surface area contributed by atoms with Crippen LogP contribution in [0, 0.1) is 0 Å². The lowest BCUT2D eigenvalue weighted by atomic mass is 10.2. The Bertz CT molecular complexity index is 1120. The molecular formula is C21H18ClN5O4. The topological polar surface area (TPSA) is 121 Å². The molecule has 0 atom stereocenters. The minimum absolute atomic E-state index is 0.0148. The Labute approximate surface area is 182 Å². The molecule has 0 spiro atoms. The number of para-hydroxylation sites is 1. The van der Waals surface area contributed by atoms with Gasteiger partial charge in [-0.05, 0) is 35.9 Å². The third-order valence-electron chi connectivity index (χ3n) is 4.10. The van der Waals surface area contributed by atoms with E-state index >= 15 is 0 Å². The average molecular weight is 440 g/mol. The molecule has 0 fully saturated rings. The highest BCUT2D eigenvalue weighted by atomic mass is 35.5. The Kier molecular flexibility index (Phi) is 6.13. The summed E-state index contributed by atoms with van der Waals surface area (Å²) in [6.07, 6.45) is 2.84. The quantitative estimate of drug-likeness (QED) is 0.439. The highest BCUT2D eigenvalue weighted by Crippen LogP contribution is 2.38. The van der Waals surface area contributed by atoms with E-state index in [0.29, 0.717) is 35.3 Å². The summed E-state index contributed by atoms with van der Waals surface area (Å²) in [5, 5.41) is 3.43. The van der Waals surface area contributed by atoms with Gasteiger partial charge in [0.2, 0.25) is 11.9 Å². The van der Waals surface area contributed by atoms with E-state index in [0.717, 1.165) is 5.69 Å². The molecule has 2 heterocycles.